The van der Waals surface area contributed by atoms with Gasteiger partial charge in [-0.05, 0) is 36.2 Å². The summed E-state index contributed by atoms with van der Waals surface area (Å²) < 4.78 is 1.12. The van der Waals surface area contributed by atoms with Crippen LogP contribution in [-0.2, 0) is 11.4 Å². The molecule has 2 aliphatic rings. The number of hydrogen-bond donors (Lipinski definition) is 1. The Bertz CT molecular complexity index is 565. The van der Waals surface area contributed by atoms with E-state index < -0.39 is 0 Å². The summed E-state index contributed by atoms with van der Waals surface area (Å²) in [5.41, 5.74) is 2.63. The highest BCUT2D eigenvalue weighted by Crippen LogP contribution is 2.34. The molecular weight excluding hydrogens is 330 g/mol. The van der Waals surface area contributed by atoms with Crippen molar-refractivity contribution >= 4 is 21.8 Å². The first-order chi connectivity index (χ1) is 9.95. The highest BCUT2D eigenvalue weighted by Gasteiger charge is 2.34. The zero-order valence-electron chi connectivity index (χ0n) is 12.8. The Kier molecular flexibility index (Phi) is 4.08. The molecule has 114 valence electrons. The number of nitrogens with zero attached hydrogens (tertiary/aromatic N) is 2. The average Bonchev–Trinajstić information content (AvgIpc) is 2.81. The summed E-state index contributed by atoms with van der Waals surface area (Å²) in [4.78, 5) is 10.6. The largest absolute Gasteiger partial charge is 0.388 e. The second kappa shape index (κ2) is 5.71. The van der Waals surface area contributed by atoms with Gasteiger partial charge >= 0.3 is 0 Å². The number of fused-ring (bicyclic) bond motifs is 1. The van der Waals surface area contributed by atoms with Gasteiger partial charge in [0.2, 0.25) is 5.90 Å². The first-order valence-electron chi connectivity index (χ1n) is 7.44. The van der Waals surface area contributed by atoms with Crippen LogP contribution in [0.1, 0.15) is 44.4 Å². The third-order valence-corrected chi connectivity index (χ3v) is 4.41. The summed E-state index contributed by atoms with van der Waals surface area (Å²) >= 11 is 3.56. The summed E-state index contributed by atoms with van der Waals surface area (Å²) in [6.45, 7) is 8.92. The first-order valence-corrected chi connectivity index (χ1v) is 8.23. The Morgan fingerprint density at radius 3 is 2.90 bits per heavy atom. The zero-order chi connectivity index (χ0) is 15.0. The van der Waals surface area contributed by atoms with Crippen LogP contribution in [0.5, 0.6) is 0 Å². The molecule has 1 aromatic rings. The van der Waals surface area contributed by atoms with Crippen molar-refractivity contribution < 1.29 is 4.84 Å². The Hall–Kier alpha value is -0.910. The van der Waals surface area contributed by atoms with E-state index in [9.17, 15) is 0 Å². The fraction of sp³-hybridized carbons (Fsp3) is 0.562. The van der Waals surface area contributed by atoms with Crippen molar-refractivity contribution in [3.63, 3.8) is 0 Å². The molecule has 4 nitrogen and oxygen atoms in total. The molecule has 0 saturated heterocycles. The molecule has 1 aromatic carbocycles. The van der Waals surface area contributed by atoms with Crippen LogP contribution in [0.15, 0.2) is 27.7 Å². The maximum Gasteiger partial charge on any atom is 0.216 e. The van der Waals surface area contributed by atoms with Gasteiger partial charge < -0.3 is 10.2 Å². The molecular formula is C16H22BrN3O. The van der Waals surface area contributed by atoms with Crippen molar-refractivity contribution in [3.05, 3.63) is 33.8 Å². The fourth-order valence-electron chi connectivity index (χ4n) is 2.81. The van der Waals surface area contributed by atoms with Crippen LogP contribution in [-0.4, -0.2) is 24.2 Å². The van der Waals surface area contributed by atoms with E-state index in [0.717, 1.165) is 29.9 Å². The first kappa shape index (κ1) is 15.0. The maximum atomic E-state index is 6.05. The Labute approximate surface area is 134 Å². The van der Waals surface area contributed by atoms with Crippen molar-refractivity contribution in [2.24, 2.45) is 10.4 Å². The summed E-state index contributed by atoms with van der Waals surface area (Å²) in [5.74, 6) is 0.832. The molecule has 3 rings (SSSR count). The van der Waals surface area contributed by atoms with E-state index in [1.165, 1.54) is 11.1 Å². The van der Waals surface area contributed by atoms with Gasteiger partial charge in [0.15, 0.2) is 0 Å². The van der Waals surface area contributed by atoms with E-state index in [2.05, 4.69) is 65.2 Å². The van der Waals surface area contributed by atoms with Crippen molar-refractivity contribution in [1.82, 2.24) is 10.4 Å². The number of nitrogens with one attached hydrogen (secondary N) is 1. The van der Waals surface area contributed by atoms with Gasteiger partial charge in [0.05, 0.1) is 6.04 Å². The summed E-state index contributed by atoms with van der Waals surface area (Å²) in [5, 5.41) is 5.51. The molecule has 0 bridgehead atoms. The normalized spacial score (nSPS) is 23.2. The average molecular weight is 352 g/mol. The lowest BCUT2D eigenvalue weighted by Crippen LogP contribution is -2.31. The molecule has 2 heterocycles. The molecule has 1 N–H and O–H groups in total. The molecule has 0 aliphatic carbocycles. The van der Waals surface area contributed by atoms with E-state index in [0.29, 0.717) is 6.67 Å². The molecule has 0 saturated carbocycles. The van der Waals surface area contributed by atoms with E-state index >= 15 is 0 Å². The lowest BCUT2D eigenvalue weighted by Gasteiger charge is -2.28. The topological polar surface area (TPSA) is 36.9 Å². The van der Waals surface area contributed by atoms with Gasteiger partial charge in [-0.1, -0.05) is 42.8 Å². The van der Waals surface area contributed by atoms with Crippen LogP contribution in [0.25, 0.3) is 0 Å². The van der Waals surface area contributed by atoms with Gasteiger partial charge in [0.1, 0.15) is 6.67 Å². The molecule has 0 radical (unpaired) electrons. The predicted molar refractivity (Wildman–Crippen MR) is 87.9 cm³/mol. The third-order valence-electron chi connectivity index (χ3n) is 3.92. The number of rotatable bonds is 1. The van der Waals surface area contributed by atoms with E-state index in [1.54, 1.807) is 0 Å². The quantitative estimate of drug-likeness (QED) is 0.839. The summed E-state index contributed by atoms with van der Waals surface area (Å²) in [6.07, 6.45) is 1.03. The molecule has 21 heavy (non-hydrogen) atoms. The minimum absolute atomic E-state index is 0.0414. The van der Waals surface area contributed by atoms with Gasteiger partial charge in [-0.15, -0.1) is 5.06 Å². The van der Waals surface area contributed by atoms with Crippen LogP contribution in [0.3, 0.4) is 0 Å². The molecule has 5 heteroatoms. The number of benzene rings is 1. The number of hydrogen-bond acceptors (Lipinski definition) is 4. The fourth-order valence-corrected chi connectivity index (χ4v) is 3.22. The Morgan fingerprint density at radius 2 is 2.19 bits per heavy atom. The Balaban J connectivity index is 1.84. The number of halogens is 1. The van der Waals surface area contributed by atoms with Crippen molar-refractivity contribution in [2.45, 2.75) is 39.8 Å². The van der Waals surface area contributed by atoms with E-state index in [-0.39, 0.29) is 11.5 Å². The molecule has 0 amide bonds. The van der Waals surface area contributed by atoms with E-state index in [4.69, 9.17) is 4.84 Å². The lowest BCUT2D eigenvalue weighted by molar-refractivity contribution is -0.0974. The highest BCUT2D eigenvalue weighted by molar-refractivity contribution is 9.10. The number of aliphatic imine (C=N–C) groups is 1. The predicted octanol–water partition coefficient (Wildman–Crippen LogP) is 3.63. The zero-order valence-corrected chi connectivity index (χ0v) is 14.4. The number of hydroxylamine groups is 2. The van der Waals surface area contributed by atoms with Gasteiger partial charge in [0.25, 0.3) is 0 Å². The van der Waals surface area contributed by atoms with Crippen molar-refractivity contribution in [2.75, 3.05) is 13.2 Å². The van der Waals surface area contributed by atoms with Crippen LogP contribution in [0.2, 0.25) is 0 Å². The standard InChI is InChI=1S/C16H22BrN3O/c1-16(2,3)15-19-10-20(21-15)14-6-7-18-9-11-8-12(17)4-5-13(11)14/h4-5,8,14,18H,6-7,9-10H2,1-3H3/t14-/m1/s1. The minimum Gasteiger partial charge on any atom is -0.388 e. The van der Waals surface area contributed by atoms with Gasteiger partial charge in [-0.3, -0.25) is 0 Å². The molecule has 0 aromatic heterocycles. The Morgan fingerprint density at radius 1 is 1.38 bits per heavy atom. The molecule has 1 atom stereocenters. The second-order valence-corrected chi connectivity index (χ2v) is 7.60. The molecule has 0 fully saturated rings. The SMILES string of the molecule is CC(C)(C)C1=NCN([C@@H]2CCNCc3cc(Br)ccc32)O1. The molecule has 0 spiro atoms. The van der Waals surface area contributed by atoms with Gasteiger partial charge in [-0.25, -0.2) is 4.99 Å². The summed E-state index contributed by atoms with van der Waals surface area (Å²) in [6, 6.07) is 6.77. The van der Waals surface area contributed by atoms with Crippen molar-refractivity contribution in [3.8, 4) is 0 Å². The summed E-state index contributed by atoms with van der Waals surface area (Å²) in [7, 11) is 0. The van der Waals surface area contributed by atoms with Crippen LogP contribution in [0.4, 0.5) is 0 Å². The van der Waals surface area contributed by atoms with Crippen LogP contribution < -0.4 is 5.32 Å². The van der Waals surface area contributed by atoms with Gasteiger partial charge in [-0.2, -0.15) is 0 Å². The lowest BCUT2D eigenvalue weighted by atomic mass is 9.97. The minimum atomic E-state index is -0.0414. The van der Waals surface area contributed by atoms with Crippen LogP contribution >= 0.6 is 15.9 Å². The molecule has 2 aliphatic heterocycles. The van der Waals surface area contributed by atoms with E-state index in [1.807, 2.05) is 5.06 Å². The second-order valence-electron chi connectivity index (χ2n) is 6.69. The van der Waals surface area contributed by atoms with Crippen molar-refractivity contribution in [1.29, 1.82) is 0 Å². The third kappa shape index (κ3) is 3.15. The highest BCUT2D eigenvalue weighted by atomic mass is 79.9. The monoisotopic (exact) mass is 351 g/mol. The molecule has 0 unspecified atom stereocenters. The smallest absolute Gasteiger partial charge is 0.216 e. The van der Waals surface area contributed by atoms with Gasteiger partial charge in [0, 0.05) is 16.4 Å². The maximum absolute atomic E-state index is 6.05. The van der Waals surface area contributed by atoms with Crippen LogP contribution in [0, 0.1) is 5.41 Å².